The highest BCUT2D eigenvalue weighted by molar-refractivity contribution is 6.06. The molecule has 1 aliphatic heterocycles. The number of piperazine rings is 1. The van der Waals surface area contributed by atoms with E-state index >= 15 is 0 Å². The predicted molar refractivity (Wildman–Crippen MR) is 113 cm³/mol. The van der Waals surface area contributed by atoms with Crippen LogP contribution in [0.3, 0.4) is 0 Å². The maximum Gasteiger partial charge on any atom is 0.330 e. The molecule has 0 atom stereocenters. The second kappa shape index (κ2) is 8.62. The molecule has 0 aromatic heterocycles. The Kier molecular flexibility index (Phi) is 6.17. The Hall–Kier alpha value is -3.26. The number of hydrogen-bond acceptors (Lipinski definition) is 7. The van der Waals surface area contributed by atoms with Gasteiger partial charge >= 0.3 is 5.97 Å². The lowest BCUT2D eigenvalue weighted by Crippen LogP contribution is -2.48. The molecule has 0 unspecified atom stereocenters. The first-order valence-corrected chi connectivity index (χ1v) is 9.79. The van der Waals surface area contributed by atoms with Crippen molar-refractivity contribution in [3.05, 3.63) is 48.0 Å². The summed E-state index contributed by atoms with van der Waals surface area (Å²) in [6.45, 7) is 7.78. The number of phenolic OH excluding ortho intramolecular Hbond substituents is 2. The minimum absolute atomic E-state index is 0.105. The summed E-state index contributed by atoms with van der Waals surface area (Å²) in [5.41, 5.74) is 0.904. The Labute approximate surface area is 175 Å². The van der Waals surface area contributed by atoms with Gasteiger partial charge in [-0.1, -0.05) is 0 Å². The Morgan fingerprint density at radius 1 is 0.967 bits per heavy atom. The number of anilines is 2. The molecule has 30 heavy (non-hydrogen) atoms. The molecule has 160 valence electrons. The van der Waals surface area contributed by atoms with Crippen LogP contribution in [0.15, 0.2) is 42.5 Å². The van der Waals surface area contributed by atoms with E-state index in [0.717, 1.165) is 5.69 Å². The van der Waals surface area contributed by atoms with E-state index in [4.69, 9.17) is 4.84 Å². The molecule has 1 aliphatic rings. The van der Waals surface area contributed by atoms with E-state index in [-0.39, 0.29) is 23.0 Å². The molecule has 2 aromatic rings. The van der Waals surface area contributed by atoms with E-state index in [1.165, 1.54) is 12.1 Å². The first kappa shape index (κ1) is 21.4. The number of hydrogen-bond donors (Lipinski definition) is 3. The first-order valence-electron chi connectivity index (χ1n) is 9.79. The molecule has 2 aromatic carbocycles. The third kappa shape index (κ3) is 5.21. The SMILES string of the molecule is CC(C)(C)C(=O)ON1CCN(c2ccc(C(=O)Nc3ccc(O)cc3)c(O)c2)CC1. The van der Waals surface area contributed by atoms with Crippen molar-refractivity contribution in [2.75, 3.05) is 36.4 Å². The molecule has 3 N–H and O–H groups in total. The lowest BCUT2D eigenvalue weighted by molar-refractivity contribution is -0.201. The molecular weight excluding hydrogens is 386 g/mol. The highest BCUT2D eigenvalue weighted by atomic mass is 16.7. The van der Waals surface area contributed by atoms with Crippen LogP contribution < -0.4 is 10.2 Å². The quantitative estimate of drug-likeness (QED) is 0.662. The molecule has 8 nitrogen and oxygen atoms in total. The van der Waals surface area contributed by atoms with Gasteiger partial charge < -0.3 is 25.3 Å². The van der Waals surface area contributed by atoms with E-state index in [1.54, 1.807) is 35.4 Å². The van der Waals surface area contributed by atoms with Crippen molar-refractivity contribution in [2.45, 2.75) is 20.8 Å². The van der Waals surface area contributed by atoms with Gasteiger partial charge in [0.05, 0.1) is 24.1 Å². The molecular formula is C22H27N3O5. The molecule has 0 radical (unpaired) electrons. The molecule has 1 heterocycles. The van der Waals surface area contributed by atoms with Crippen LogP contribution in [0.25, 0.3) is 0 Å². The summed E-state index contributed by atoms with van der Waals surface area (Å²) < 4.78 is 0. The van der Waals surface area contributed by atoms with Crippen LogP contribution in [0.2, 0.25) is 0 Å². The summed E-state index contributed by atoms with van der Waals surface area (Å²) in [5.74, 6) is -0.722. The van der Waals surface area contributed by atoms with Crippen molar-refractivity contribution >= 4 is 23.3 Å². The second-order valence-electron chi connectivity index (χ2n) is 8.25. The average molecular weight is 413 g/mol. The van der Waals surface area contributed by atoms with E-state index in [0.29, 0.717) is 31.9 Å². The maximum absolute atomic E-state index is 12.4. The molecule has 1 saturated heterocycles. The molecule has 3 rings (SSSR count). The summed E-state index contributed by atoms with van der Waals surface area (Å²) in [7, 11) is 0. The predicted octanol–water partition coefficient (Wildman–Crippen LogP) is 2.98. The van der Waals surface area contributed by atoms with Crippen LogP contribution in [-0.2, 0) is 9.63 Å². The minimum atomic E-state index is -0.556. The van der Waals surface area contributed by atoms with Gasteiger partial charge in [-0.3, -0.25) is 4.79 Å². The fraction of sp³-hybridized carbons (Fsp3) is 0.364. The first-order chi connectivity index (χ1) is 14.1. The second-order valence-corrected chi connectivity index (χ2v) is 8.25. The van der Waals surface area contributed by atoms with Gasteiger partial charge in [0.15, 0.2) is 0 Å². The van der Waals surface area contributed by atoms with Gasteiger partial charge in [0.1, 0.15) is 11.5 Å². The molecule has 0 saturated carbocycles. The minimum Gasteiger partial charge on any atom is -0.508 e. The van der Waals surface area contributed by atoms with Crippen molar-refractivity contribution in [3.8, 4) is 11.5 Å². The van der Waals surface area contributed by atoms with Crippen molar-refractivity contribution in [1.29, 1.82) is 0 Å². The highest BCUT2D eigenvalue weighted by Gasteiger charge is 2.28. The number of carbonyl (C=O) groups excluding carboxylic acids is 2. The van der Waals surface area contributed by atoms with Crippen molar-refractivity contribution in [3.63, 3.8) is 0 Å². The Morgan fingerprint density at radius 3 is 2.17 bits per heavy atom. The topological polar surface area (TPSA) is 102 Å². The van der Waals surface area contributed by atoms with E-state index in [2.05, 4.69) is 10.2 Å². The van der Waals surface area contributed by atoms with Gasteiger partial charge in [-0.2, -0.15) is 0 Å². The number of benzene rings is 2. The Morgan fingerprint density at radius 2 is 1.60 bits per heavy atom. The van der Waals surface area contributed by atoms with Crippen LogP contribution in [0.5, 0.6) is 11.5 Å². The highest BCUT2D eigenvalue weighted by Crippen LogP contribution is 2.27. The summed E-state index contributed by atoms with van der Waals surface area (Å²) in [6.07, 6.45) is 0. The van der Waals surface area contributed by atoms with Gasteiger partial charge in [0.25, 0.3) is 5.91 Å². The summed E-state index contributed by atoms with van der Waals surface area (Å²) in [4.78, 5) is 31.9. The number of aromatic hydroxyl groups is 2. The zero-order chi connectivity index (χ0) is 21.9. The molecule has 1 fully saturated rings. The summed E-state index contributed by atoms with van der Waals surface area (Å²) >= 11 is 0. The standard InChI is InChI=1S/C22H27N3O5/c1-22(2,3)21(29)30-25-12-10-24(11-13-25)16-6-9-18(19(27)14-16)20(28)23-15-4-7-17(26)8-5-15/h4-9,14,26-27H,10-13H2,1-3H3,(H,23,28). The van der Waals surface area contributed by atoms with Crippen molar-refractivity contribution in [1.82, 2.24) is 5.06 Å². The van der Waals surface area contributed by atoms with Gasteiger partial charge in [-0.05, 0) is 57.2 Å². The number of nitrogens with zero attached hydrogens (tertiary/aromatic N) is 2. The molecule has 0 bridgehead atoms. The van der Waals surface area contributed by atoms with E-state index < -0.39 is 11.3 Å². The lowest BCUT2D eigenvalue weighted by Gasteiger charge is -2.35. The summed E-state index contributed by atoms with van der Waals surface area (Å²) in [5, 5.41) is 24.0. The molecule has 0 aliphatic carbocycles. The third-order valence-electron chi connectivity index (χ3n) is 4.78. The van der Waals surface area contributed by atoms with E-state index in [9.17, 15) is 19.8 Å². The number of phenols is 2. The number of amides is 1. The van der Waals surface area contributed by atoms with Crippen LogP contribution in [0.4, 0.5) is 11.4 Å². The van der Waals surface area contributed by atoms with E-state index in [1.807, 2.05) is 20.8 Å². The molecule has 8 heteroatoms. The largest absolute Gasteiger partial charge is 0.508 e. The molecule has 1 amide bonds. The monoisotopic (exact) mass is 413 g/mol. The smallest absolute Gasteiger partial charge is 0.330 e. The Bertz CT molecular complexity index is 913. The van der Waals surface area contributed by atoms with Crippen LogP contribution in [0.1, 0.15) is 31.1 Å². The van der Waals surface area contributed by atoms with Crippen LogP contribution >= 0.6 is 0 Å². The summed E-state index contributed by atoms with van der Waals surface area (Å²) in [6, 6.07) is 11.0. The van der Waals surface area contributed by atoms with Crippen LogP contribution in [-0.4, -0.2) is 53.3 Å². The molecule has 0 spiro atoms. The number of hydroxylamine groups is 2. The number of nitrogens with one attached hydrogen (secondary N) is 1. The average Bonchev–Trinajstić information content (AvgIpc) is 2.69. The van der Waals surface area contributed by atoms with Crippen molar-refractivity contribution in [2.24, 2.45) is 5.41 Å². The van der Waals surface area contributed by atoms with Gasteiger partial charge in [-0.15, -0.1) is 5.06 Å². The van der Waals surface area contributed by atoms with Gasteiger partial charge in [0.2, 0.25) is 0 Å². The zero-order valence-electron chi connectivity index (χ0n) is 17.4. The zero-order valence-corrected chi connectivity index (χ0v) is 17.4. The maximum atomic E-state index is 12.4. The lowest BCUT2D eigenvalue weighted by atomic mass is 9.98. The third-order valence-corrected chi connectivity index (χ3v) is 4.78. The fourth-order valence-corrected chi connectivity index (χ4v) is 2.94. The van der Waals surface area contributed by atoms with Gasteiger partial charge in [0, 0.05) is 30.5 Å². The Balaban J connectivity index is 1.60. The van der Waals surface area contributed by atoms with Crippen LogP contribution in [0, 0.1) is 5.41 Å². The van der Waals surface area contributed by atoms with Crippen molar-refractivity contribution < 1.29 is 24.6 Å². The van der Waals surface area contributed by atoms with Gasteiger partial charge in [-0.25, -0.2) is 4.79 Å². The number of rotatable bonds is 4. The number of carbonyl (C=O) groups is 2. The normalized spacial score (nSPS) is 15.0. The fourth-order valence-electron chi connectivity index (χ4n) is 2.94.